The van der Waals surface area contributed by atoms with Crippen molar-refractivity contribution in [3.8, 4) is 0 Å². The third-order valence-electron chi connectivity index (χ3n) is 1.53. The molecule has 0 aliphatic rings. The highest BCUT2D eigenvalue weighted by Gasteiger charge is 2.14. The molecule has 0 unspecified atom stereocenters. The fourth-order valence-corrected chi connectivity index (χ4v) is 1.65. The van der Waals surface area contributed by atoms with E-state index >= 15 is 0 Å². The van der Waals surface area contributed by atoms with Crippen LogP contribution in [0.4, 0.5) is 0 Å². The molecule has 13 heavy (non-hydrogen) atoms. The summed E-state index contributed by atoms with van der Waals surface area (Å²) in [6.45, 7) is 0.430. The van der Waals surface area contributed by atoms with E-state index < -0.39 is 11.8 Å². The molecule has 0 spiro atoms. The van der Waals surface area contributed by atoms with Gasteiger partial charge in [0.2, 0.25) is 0 Å². The van der Waals surface area contributed by atoms with Gasteiger partial charge in [-0.1, -0.05) is 6.07 Å². The molecule has 70 valence electrons. The highest BCUT2D eigenvalue weighted by Crippen LogP contribution is 2.10. The summed E-state index contributed by atoms with van der Waals surface area (Å²) in [5.41, 5.74) is 4.84. The smallest absolute Gasteiger partial charge is 0.311 e. The first-order chi connectivity index (χ1) is 6.11. The van der Waals surface area contributed by atoms with Gasteiger partial charge >= 0.3 is 11.8 Å². The fourth-order valence-electron chi connectivity index (χ4n) is 0.896. The molecule has 0 atom stereocenters. The van der Waals surface area contributed by atoms with E-state index in [-0.39, 0.29) is 0 Å². The number of likely N-dealkylation sites (N-methyl/N-ethyl adjacent to an activating group) is 1. The third kappa shape index (κ3) is 2.55. The van der Waals surface area contributed by atoms with Crippen LogP contribution in [-0.4, -0.2) is 23.8 Å². The number of nitrogens with zero attached hydrogens (tertiary/aromatic N) is 1. The molecule has 1 heterocycles. The second-order valence-electron chi connectivity index (χ2n) is 2.60. The Morgan fingerprint density at radius 3 is 2.77 bits per heavy atom. The van der Waals surface area contributed by atoms with Crippen molar-refractivity contribution in [1.82, 2.24) is 4.90 Å². The predicted octanol–water partition coefficient (Wildman–Crippen LogP) is 0.192. The molecule has 1 aromatic rings. The van der Waals surface area contributed by atoms with Crippen LogP contribution in [0, 0.1) is 0 Å². The van der Waals surface area contributed by atoms with Crippen LogP contribution in [-0.2, 0) is 16.1 Å². The summed E-state index contributed by atoms with van der Waals surface area (Å²) in [7, 11) is 1.55. The molecular formula is C8H10N2O2S. The average Bonchev–Trinajstić information content (AvgIpc) is 2.55. The molecule has 1 rings (SSSR count). The van der Waals surface area contributed by atoms with E-state index in [2.05, 4.69) is 0 Å². The van der Waals surface area contributed by atoms with Crippen molar-refractivity contribution in [3.05, 3.63) is 22.4 Å². The topological polar surface area (TPSA) is 63.4 Å². The summed E-state index contributed by atoms with van der Waals surface area (Å²) in [5.74, 6) is -1.58. The normalized spacial score (nSPS) is 9.62. The molecule has 0 aliphatic heterocycles. The molecule has 0 aliphatic carbocycles. The van der Waals surface area contributed by atoms with Crippen molar-refractivity contribution in [2.75, 3.05) is 7.05 Å². The van der Waals surface area contributed by atoms with Crippen LogP contribution in [0.2, 0.25) is 0 Å². The number of nitrogens with two attached hydrogens (primary N) is 1. The van der Waals surface area contributed by atoms with E-state index in [4.69, 9.17) is 5.73 Å². The van der Waals surface area contributed by atoms with Crippen LogP contribution in [0.15, 0.2) is 17.5 Å². The van der Waals surface area contributed by atoms with Crippen molar-refractivity contribution in [3.63, 3.8) is 0 Å². The molecule has 2 N–H and O–H groups in total. The molecule has 0 bridgehead atoms. The Balaban J connectivity index is 2.55. The Hall–Kier alpha value is -1.36. The van der Waals surface area contributed by atoms with Crippen LogP contribution in [0.1, 0.15) is 4.88 Å². The zero-order valence-corrected chi connectivity index (χ0v) is 8.00. The summed E-state index contributed by atoms with van der Waals surface area (Å²) in [6, 6.07) is 3.79. The lowest BCUT2D eigenvalue weighted by Crippen LogP contribution is -2.36. The monoisotopic (exact) mass is 198 g/mol. The minimum atomic E-state index is -0.918. The third-order valence-corrected chi connectivity index (χ3v) is 2.39. The van der Waals surface area contributed by atoms with Gasteiger partial charge in [-0.3, -0.25) is 9.59 Å². The molecule has 4 nitrogen and oxygen atoms in total. The van der Waals surface area contributed by atoms with Crippen LogP contribution < -0.4 is 5.73 Å². The number of hydrogen-bond donors (Lipinski definition) is 1. The summed E-state index contributed by atoms with van der Waals surface area (Å²) in [5, 5.41) is 1.91. The summed E-state index contributed by atoms with van der Waals surface area (Å²) in [4.78, 5) is 23.9. The van der Waals surface area contributed by atoms with E-state index in [0.717, 1.165) is 4.88 Å². The number of amides is 2. The van der Waals surface area contributed by atoms with Crippen LogP contribution in [0.5, 0.6) is 0 Å². The molecule has 1 aromatic heterocycles. The quantitative estimate of drug-likeness (QED) is 0.689. The van der Waals surface area contributed by atoms with Gasteiger partial charge in [0.25, 0.3) is 0 Å². The molecule has 5 heteroatoms. The molecule has 0 aromatic carbocycles. The summed E-state index contributed by atoms with van der Waals surface area (Å²) >= 11 is 1.53. The van der Waals surface area contributed by atoms with Crippen molar-refractivity contribution in [1.29, 1.82) is 0 Å². The number of thiophene rings is 1. The molecule has 2 amide bonds. The van der Waals surface area contributed by atoms with Gasteiger partial charge in [0.05, 0.1) is 6.54 Å². The summed E-state index contributed by atoms with van der Waals surface area (Å²) < 4.78 is 0. The van der Waals surface area contributed by atoms with Gasteiger partial charge in [-0.05, 0) is 11.4 Å². The standard InChI is InChI=1S/C8H10N2O2S/c1-10(8(12)7(9)11)5-6-3-2-4-13-6/h2-4H,5H2,1H3,(H2,9,11). The van der Waals surface area contributed by atoms with Crippen molar-refractivity contribution in [2.24, 2.45) is 5.73 Å². The van der Waals surface area contributed by atoms with E-state index in [1.54, 1.807) is 7.05 Å². The van der Waals surface area contributed by atoms with Gasteiger partial charge in [0.1, 0.15) is 0 Å². The van der Waals surface area contributed by atoms with Crippen molar-refractivity contribution >= 4 is 23.2 Å². The largest absolute Gasteiger partial charge is 0.361 e. The maximum absolute atomic E-state index is 11.0. The minimum Gasteiger partial charge on any atom is -0.361 e. The van der Waals surface area contributed by atoms with Gasteiger partial charge in [0, 0.05) is 11.9 Å². The Morgan fingerprint density at radius 2 is 2.31 bits per heavy atom. The fraction of sp³-hybridized carbons (Fsp3) is 0.250. The Labute approximate surface area is 80.0 Å². The zero-order valence-electron chi connectivity index (χ0n) is 7.19. The van der Waals surface area contributed by atoms with E-state index in [0.29, 0.717) is 6.54 Å². The Morgan fingerprint density at radius 1 is 1.62 bits per heavy atom. The first-order valence-corrected chi connectivity index (χ1v) is 4.56. The number of hydrogen-bond acceptors (Lipinski definition) is 3. The lowest BCUT2D eigenvalue weighted by molar-refractivity contribution is -0.143. The van der Waals surface area contributed by atoms with Gasteiger partial charge in [-0.15, -0.1) is 11.3 Å². The van der Waals surface area contributed by atoms with E-state index in [1.165, 1.54) is 16.2 Å². The first-order valence-electron chi connectivity index (χ1n) is 3.68. The van der Waals surface area contributed by atoms with Gasteiger partial charge in [-0.25, -0.2) is 0 Å². The molecule has 0 saturated heterocycles. The molecular weight excluding hydrogens is 188 g/mol. The minimum absolute atomic E-state index is 0.430. The second kappa shape index (κ2) is 4.04. The summed E-state index contributed by atoms with van der Waals surface area (Å²) in [6.07, 6.45) is 0. The van der Waals surface area contributed by atoms with Crippen LogP contribution in [0.25, 0.3) is 0 Å². The van der Waals surface area contributed by atoms with Gasteiger partial charge < -0.3 is 10.6 Å². The maximum Gasteiger partial charge on any atom is 0.311 e. The highest BCUT2D eigenvalue weighted by molar-refractivity contribution is 7.09. The first kappa shape index (κ1) is 9.73. The van der Waals surface area contributed by atoms with Gasteiger partial charge in [0.15, 0.2) is 0 Å². The van der Waals surface area contributed by atoms with Crippen molar-refractivity contribution < 1.29 is 9.59 Å². The number of carbonyl (C=O) groups is 2. The second-order valence-corrected chi connectivity index (χ2v) is 3.64. The average molecular weight is 198 g/mol. The van der Waals surface area contributed by atoms with Crippen LogP contribution in [0.3, 0.4) is 0 Å². The van der Waals surface area contributed by atoms with E-state index in [1.807, 2.05) is 17.5 Å². The Bertz CT molecular complexity index is 308. The van der Waals surface area contributed by atoms with E-state index in [9.17, 15) is 9.59 Å². The molecule has 0 saturated carbocycles. The lowest BCUT2D eigenvalue weighted by Gasteiger charge is -2.13. The van der Waals surface area contributed by atoms with Gasteiger partial charge in [-0.2, -0.15) is 0 Å². The SMILES string of the molecule is CN(Cc1cccs1)C(=O)C(N)=O. The molecule has 0 fully saturated rings. The lowest BCUT2D eigenvalue weighted by atomic mass is 10.4. The van der Waals surface area contributed by atoms with Crippen LogP contribution >= 0.6 is 11.3 Å². The predicted molar refractivity (Wildman–Crippen MR) is 50.0 cm³/mol. The zero-order chi connectivity index (χ0) is 9.84. The van der Waals surface area contributed by atoms with Crippen molar-refractivity contribution in [2.45, 2.75) is 6.54 Å². The highest BCUT2D eigenvalue weighted by atomic mass is 32.1. The number of carbonyl (C=O) groups excluding carboxylic acids is 2. The number of rotatable bonds is 2. The number of primary amides is 1. The maximum atomic E-state index is 11.0. The Kier molecular flexibility index (Phi) is 3.02. The molecule has 0 radical (unpaired) electrons.